The lowest BCUT2D eigenvalue weighted by Gasteiger charge is -2.51. The van der Waals surface area contributed by atoms with Gasteiger partial charge in [-0.3, -0.25) is 4.79 Å². The molecule has 1 aromatic rings. The number of amides is 1. The summed E-state index contributed by atoms with van der Waals surface area (Å²) in [4.78, 5) is 17.2. The molecule has 3 heterocycles. The van der Waals surface area contributed by atoms with Crippen LogP contribution in [0.25, 0.3) is 0 Å². The molecule has 2 fully saturated rings. The number of likely N-dealkylation sites (tertiary alicyclic amines) is 2. The predicted octanol–water partition coefficient (Wildman–Crippen LogP) is 3.09. The molecule has 0 radical (unpaired) electrons. The maximum absolute atomic E-state index is 12.8. The second-order valence-electron chi connectivity index (χ2n) is 7.78. The minimum atomic E-state index is -0.0333. The van der Waals surface area contributed by atoms with E-state index in [1.807, 2.05) is 17.2 Å². The summed E-state index contributed by atoms with van der Waals surface area (Å²) < 4.78 is 5.70. The highest BCUT2D eigenvalue weighted by molar-refractivity contribution is 7.97. The minimum Gasteiger partial charge on any atom is -0.455 e. The Hall–Kier alpha value is -0.980. The van der Waals surface area contributed by atoms with E-state index in [2.05, 4.69) is 11.8 Å². The maximum atomic E-state index is 12.8. The summed E-state index contributed by atoms with van der Waals surface area (Å²) >= 11 is 1.68. The number of hydrogen-bond acceptors (Lipinski definition) is 5. The Morgan fingerprint density at radius 3 is 2.69 bits per heavy atom. The number of nitrogens with zero attached hydrogens (tertiary/aromatic N) is 2. The topological polar surface area (TPSA) is 56.9 Å². The molecule has 2 aliphatic heterocycles. The van der Waals surface area contributed by atoms with E-state index in [1.165, 1.54) is 13.0 Å². The molecule has 2 aliphatic rings. The first-order valence-electron chi connectivity index (χ1n) is 9.82. The zero-order valence-corrected chi connectivity index (χ0v) is 16.9. The lowest BCUT2D eigenvalue weighted by molar-refractivity contribution is -0.0357. The molecule has 1 amide bonds. The first kappa shape index (κ1) is 19.8. The van der Waals surface area contributed by atoms with Gasteiger partial charge in [-0.05, 0) is 69.1 Å². The van der Waals surface area contributed by atoms with Crippen LogP contribution in [0, 0.1) is 11.3 Å². The summed E-state index contributed by atoms with van der Waals surface area (Å²) in [5, 5.41) is 10.0. The van der Waals surface area contributed by atoms with Crippen LogP contribution in [0.3, 0.4) is 0 Å². The monoisotopic (exact) mass is 380 g/mol. The number of piperidine rings is 2. The van der Waals surface area contributed by atoms with Crippen molar-refractivity contribution in [2.24, 2.45) is 11.3 Å². The van der Waals surface area contributed by atoms with Crippen LogP contribution in [-0.2, 0) is 5.75 Å². The van der Waals surface area contributed by atoms with E-state index in [4.69, 9.17) is 4.42 Å². The highest BCUT2D eigenvalue weighted by Crippen LogP contribution is 2.45. The normalized spacial score (nSPS) is 23.5. The molecule has 0 saturated carbocycles. The van der Waals surface area contributed by atoms with Gasteiger partial charge >= 0.3 is 0 Å². The quantitative estimate of drug-likeness (QED) is 0.822. The fraction of sp³-hybridized carbons (Fsp3) is 0.750. The first-order valence-corrected chi connectivity index (χ1v) is 11.2. The van der Waals surface area contributed by atoms with Crippen molar-refractivity contribution >= 4 is 17.7 Å². The van der Waals surface area contributed by atoms with E-state index < -0.39 is 0 Å². The summed E-state index contributed by atoms with van der Waals surface area (Å²) in [6.45, 7) is 7.20. The van der Waals surface area contributed by atoms with Gasteiger partial charge in [0, 0.05) is 25.6 Å². The summed E-state index contributed by atoms with van der Waals surface area (Å²) in [6, 6.07) is 3.68. The number of thioether (sulfide) groups is 1. The van der Waals surface area contributed by atoms with Crippen LogP contribution in [0.4, 0.5) is 0 Å². The average molecular weight is 381 g/mol. The van der Waals surface area contributed by atoms with E-state index in [1.54, 1.807) is 17.8 Å². The van der Waals surface area contributed by atoms with Gasteiger partial charge in [0.15, 0.2) is 5.76 Å². The largest absolute Gasteiger partial charge is 0.455 e. The Balaban J connectivity index is 1.63. The van der Waals surface area contributed by atoms with Crippen molar-refractivity contribution < 1.29 is 14.3 Å². The van der Waals surface area contributed by atoms with Crippen LogP contribution in [0.5, 0.6) is 0 Å². The molecule has 1 atom stereocenters. The summed E-state index contributed by atoms with van der Waals surface area (Å²) in [5.41, 5.74) is 0.197. The van der Waals surface area contributed by atoms with Crippen molar-refractivity contribution in [2.75, 3.05) is 45.6 Å². The average Bonchev–Trinajstić information content (AvgIpc) is 3.13. The molecule has 6 heteroatoms. The Labute approximate surface area is 161 Å². The number of rotatable bonds is 6. The van der Waals surface area contributed by atoms with Crippen LogP contribution < -0.4 is 0 Å². The smallest absolute Gasteiger partial charge is 0.289 e. The Bertz CT molecular complexity index is 596. The van der Waals surface area contributed by atoms with E-state index in [-0.39, 0.29) is 23.8 Å². The molecule has 26 heavy (non-hydrogen) atoms. The van der Waals surface area contributed by atoms with E-state index in [0.29, 0.717) is 12.3 Å². The SMILES string of the molecule is CCCN1CCC2(CC1)CCN(C(=O)c1ccc(CSC)o1)C[C@@H]2CO. The number of carbonyl (C=O) groups is 1. The van der Waals surface area contributed by atoms with Crippen molar-refractivity contribution in [3.05, 3.63) is 23.7 Å². The molecule has 0 bridgehead atoms. The van der Waals surface area contributed by atoms with Crippen LogP contribution in [0.2, 0.25) is 0 Å². The van der Waals surface area contributed by atoms with Crippen LogP contribution in [-0.4, -0.2) is 66.4 Å². The molecule has 0 aromatic carbocycles. The van der Waals surface area contributed by atoms with E-state index in [0.717, 1.165) is 50.4 Å². The zero-order chi connectivity index (χ0) is 18.6. The van der Waals surface area contributed by atoms with Gasteiger partial charge in [-0.15, -0.1) is 0 Å². The van der Waals surface area contributed by atoms with Crippen molar-refractivity contribution in [3.63, 3.8) is 0 Å². The van der Waals surface area contributed by atoms with Gasteiger partial charge in [0.25, 0.3) is 5.91 Å². The number of aliphatic hydroxyl groups is 1. The second kappa shape index (κ2) is 8.81. The molecular weight excluding hydrogens is 348 g/mol. The molecule has 0 unspecified atom stereocenters. The standard InChI is InChI=1S/C20H32N2O3S/c1-3-9-21-10-6-20(7-11-21)8-12-22(13-16(20)14-23)19(24)18-5-4-17(25-18)15-26-2/h4-5,16,23H,3,6-15H2,1-2H3/t16-/m1/s1. The van der Waals surface area contributed by atoms with E-state index >= 15 is 0 Å². The molecular formula is C20H32N2O3S. The van der Waals surface area contributed by atoms with Gasteiger partial charge in [0.2, 0.25) is 0 Å². The predicted molar refractivity (Wildman–Crippen MR) is 105 cm³/mol. The second-order valence-corrected chi connectivity index (χ2v) is 8.65. The van der Waals surface area contributed by atoms with Crippen molar-refractivity contribution in [2.45, 2.75) is 38.4 Å². The molecule has 1 spiro atoms. The summed E-state index contributed by atoms with van der Waals surface area (Å²) in [5.74, 6) is 2.19. The van der Waals surface area contributed by atoms with Gasteiger partial charge in [0.1, 0.15) is 5.76 Å². The molecule has 1 N–H and O–H groups in total. The Kier molecular flexibility index (Phi) is 6.70. The minimum absolute atomic E-state index is 0.0333. The fourth-order valence-corrected chi connectivity index (χ4v) is 5.05. The Morgan fingerprint density at radius 1 is 1.31 bits per heavy atom. The zero-order valence-electron chi connectivity index (χ0n) is 16.1. The highest BCUT2D eigenvalue weighted by atomic mass is 32.2. The van der Waals surface area contributed by atoms with Gasteiger partial charge in [-0.25, -0.2) is 0 Å². The van der Waals surface area contributed by atoms with Crippen molar-refractivity contribution in [3.8, 4) is 0 Å². The van der Waals surface area contributed by atoms with Gasteiger partial charge in [-0.1, -0.05) is 6.92 Å². The molecule has 2 saturated heterocycles. The molecule has 3 rings (SSSR count). The Morgan fingerprint density at radius 2 is 2.04 bits per heavy atom. The van der Waals surface area contributed by atoms with E-state index in [9.17, 15) is 9.90 Å². The summed E-state index contributed by atoms with van der Waals surface area (Å²) in [7, 11) is 0. The number of furan rings is 1. The van der Waals surface area contributed by atoms with Crippen LogP contribution >= 0.6 is 11.8 Å². The highest BCUT2D eigenvalue weighted by Gasteiger charge is 2.45. The van der Waals surface area contributed by atoms with Crippen LogP contribution in [0.1, 0.15) is 48.9 Å². The lowest BCUT2D eigenvalue weighted by atomic mass is 9.64. The molecule has 146 valence electrons. The third kappa shape index (κ3) is 4.12. The van der Waals surface area contributed by atoms with Gasteiger partial charge < -0.3 is 19.3 Å². The van der Waals surface area contributed by atoms with Crippen molar-refractivity contribution in [1.29, 1.82) is 0 Å². The summed E-state index contributed by atoms with van der Waals surface area (Å²) in [6.07, 6.45) is 6.48. The van der Waals surface area contributed by atoms with Gasteiger partial charge in [-0.2, -0.15) is 11.8 Å². The first-order chi connectivity index (χ1) is 12.6. The third-order valence-corrected chi connectivity index (χ3v) is 6.82. The van der Waals surface area contributed by atoms with Crippen molar-refractivity contribution in [1.82, 2.24) is 9.80 Å². The number of carbonyl (C=O) groups excluding carboxylic acids is 1. The molecule has 0 aliphatic carbocycles. The van der Waals surface area contributed by atoms with Crippen LogP contribution in [0.15, 0.2) is 16.5 Å². The lowest BCUT2D eigenvalue weighted by Crippen LogP contribution is -2.54. The number of hydrogen-bond donors (Lipinski definition) is 1. The molecule has 1 aromatic heterocycles. The van der Waals surface area contributed by atoms with Gasteiger partial charge in [0.05, 0.1) is 5.75 Å². The molecule has 5 nitrogen and oxygen atoms in total. The fourth-order valence-electron chi connectivity index (χ4n) is 4.61. The third-order valence-electron chi connectivity index (χ3n) is 6.24. The number of aliphatic hydroxyl groups excluding tert-OH is 1. The maximum Gasteiger partial charge on any atom is 0.289 e.